The van der Waals surface area contributed by atoms with Crippen LogP contribution in [0.3, 0.4) is 0 Å². The van der Waals surface area contributed by atoms with E-state index in [9.17, 15) is 0 Å². The summed E-state index contributed by atoms with van der Waals surface area (Å²) in [4.78, 5) is 12.5. The molecule has 7 rings (SSSR count). The summed E-state index contributed by atoms with van der Waals surface area (Å²) >= 11 is 0. The summed E-state index contributed by atoms with van der Waals surface area (Å²) in [6.45, 7) is 4.55. The Morgan fingerprint density at radius 2 is 1.69 bits per heavy atom. The molecule has 0 saturated heterocycles. The van der Waals surface area contributed by atoms with Gasteiger partial charge in [0.2, 0.25) is 0 Å². The molecule has 1 atom stereocenters. The number of para-hydroxylation sites is 5. The van der Waals surface area contributed by atoms with Crippen LogP contribution in [0.1, 0.15) is 30.0 Å². The number of hydrogen-bond acceptors (Lipinski definition) is 7. The van der Waals surface area contributed by atoms with Crippen LogP contribution in [0.2, 0.25) is 0 Å². The van der Waals surface area contributed by atoms with Gasteiger partial charge >= 0.3 is 0 Å². The van der Waals surface area contributed by atoms with Crippen LogP contribution in [-0.4, -0.2) is 28.1 Å². The van der Waals surface area contributed by atoms with Crippen LogP contribution >= 0.6 is 0 Å². The zero-order valence-electron chi connectivity index (χ0n) is 21.6. The van der Waals surface area contributed by atoms with E-state index in [0.29, 0.717) is 18.3 Å². The van der Waals surface area contributed by atoms with Gasteiger partial charge in [-0.25, -0.2) is 14.7 Å². The lowest BCUT2D eigenvalue weighted by Gasteiger charge is -2.39. The highest BCUT2D eigenvalue weighted by Gasteiger charge is 2.42. The van der Waals surface area contributed by atoms with Crippen molar-refractivity contribution in [3.8, 4) is 11.4 Å². The summed E-state index contributed by atoms with van der Waals surface area (Å²) in [7, 11) is 0. The fraction of sp³-hybridized carbons (Fsp3) is 0.129. The van der Waals surface area contributed by atoms with Crippen LogP contribution in [-0.2, 0) is 0 Å². The average molecular weight is 515 g/mol. The molecule has 4 heterocycles. The van der Waals surface area contributed by atoms with E-state index in [2.05, 4.69) is 16.3 Å². The first kappa shape index (κ1) is 23.0. The van der Waals surface area contributed by atoms with Crippen molar-refractivity contribution in [3.05, 3.63) is 114 Å². The Kier molecular flexibility index (Phi) is 5.51. The molecule has 0 radical (unpaired) electrons. The van der Waals surface area contributed by atoms with Gasteiger partial charge in [-0.15, -0.1) is 0 Å². The second-order valence-electron chi connectivity index (χ2n) is 9.30. The van der Waals surface area contributed by atoms with Crippen molar-refractivity contribution < 1.29 is 9.15 Å². The predicted octanol–water partition coefficient (Wildman–Crippen LogP) is 6.97. The molecule has 8 nitrogen and oxygen atoms in total. The lowest BCUT2D eigenvalue weighted by Crippen LogP contribution is -2.46. The Morgan fingerprint density at radius 3 is 2.51 bits per heavy atom. The number of ether oxygens (including phenoxy) is 1. The minimum absolute atomic E-state index is 0.296. The van der Waals surface area contributed by atoms with Gasteiger partial charge in [0.25, 0.3) is 0 Å². The Bertz CT molecular complexity index is 1720. The van der Waals surface area contributed by atoms with Gasteiger partial charge in [-0.3, -0.25) is 0 Å². The second kappa shape index (κ2) is 9.33. The van der Waals surface area contributed by atoms with E-state index in [1.807, 2.05) is 103 Å². The smallest absolute Gasteiger partial charge is 0.179 e. The van der Waals surface area contributed by atoms with E-state index >= 15 is 0 Å². The fourth-order valence-electron chi connectivity index (χ4n) is 5.24. The van der Waals surface area contributed by atoms with E-state index < -0.39 is 0 Å². The van der Waals surface area contributed by atoms with Gasteiger partial charge in [0, 0.05) is 0 Å². The predicted molar refractivity (Wildman–Crippen MR) is 153 cm³/mol. The Balaban J connectivity index is 1.47. The molecule has 0 fully saturated rings. The molecule has 2 aliphatic heterocycles. The summed E-state index contributed by atoms with van der Waals surface area (Å²) in [5.41, 5.74) is 5.40. The van der Waals surface area contributed by atoms with E-state index in [0.717, 1.165) is 51.3 Å². The molecule has 2 aliphatic rings. The number of aryl methyl sites for hydroxylation is 1. The third-order valence-corrected chi connectivity index (χ3v) is 6.89. The van der Waals surface area contributed by atoms with Gasteiger partial charge in [-0.2, -0.15) is 5.10 Å². The fourth-order valence-corrected chi connectivity index (χ4v) is 5.24. The maximum absolute atomic E-state index is 6.05. The van der Waals surface area contributed by atoms with Gasteiger partial charge in [0.1, 0.15) is 17.6 Å². The number of rotatable bonds is 5. The minimum atomic E-state index is -0.296. The van der Waals surface area contributed by atoms with Crippen molar-refractivity contribution in [2.24, 2.45) is 9.98 Å². The maximum atomic E-state index is 6.05. The summed E-state index contributed by atoms with van der Waals surface area (Å²) < 4.78 is 13.9. The molecule has 0 amide bonds. The molecule has 3 aromatic carbocycles. The van der Waals surface area contributed by atoms with Crippen molar-refractivity contribution in [1.29, 1.82) is 0 Å². The van der Waals surface area contributed by atoms with E-state index in [1.165, 1.54) is 0 Å². The first-order valence-corrected chi connectivity index (χ1v) is 13.0. The number of fused-ring (bicyclic) bond motifs is 4. The van der Waals surface area contributed by atoms with Gasteiger partial charge in [0.05, 0.1) is 46.9 Å². The van der Waals surface area contributed by atoms with Crippen molar-refractivity contribution in [2.45, 2.75) is 19.9 Å². The topological polar surface area (TPSA) is 80.2 Å². The molecule has 1 N–H and O–H groups in total. The quantitative estimate of drug-likeness (QED) is 0.274. The molecule has 0 aliphatic carbocycles. The first-order chi connectivity index (χ1) is 19.2. The first-order valence-electron chi connectivity index (χ1n) is 13.0. The number of nitrogens with zero attached hydrogens (tertiary/aromatic N) is 5. The number of hydrogen-bond donors (Lipinski definition) is 1. The monoisotopic (exact) mass is 514 g/mol. The van der Waals surface area contributed by atoms with Crippen LogP contribution in [0.4, 0.5) is 22.9 Å². The molecule has 0 saturated carbocycles. The Hall–Kier alpha value is -5.11. The summed E-state index contributed by atoms with van der Waals surface area (Å²) in [5.74, 6) is 3.58. The van der Waals surface area contributed by atoms with Gasteiger partial charge in [0.15, 0.2) is 17.5 Å². The van der Waals surface area contributed by atoms with Crippen molar-refractivity contribution in [2.75, 3.05) is 16.8 Å². The highest BCUT2D eigenvalue weighted by molar-refractivity contribution is 6.51. The molecule has 5 aromatic rings. The van der Waals surface area contributed by atoms with E-state index in [4.69, 9.17) is 24.2 Å². The van der Waals surface area contributed by atoms with Gasteiger partial charge in [-0.1, -0.05) is 42.5 Å². The molecule has 0 spiro atoms. The normalized spacial score (nSPS) is 15.5. The number of amidine groups is 2. The van der Waals surface area contributed by atoms with E-state index in [1.54, 1.807) is 6.26 Å². The molecule has 0 unspecified atom stereocenters. The standard InChI is InChI=1S/C31H26N6O2/c1-3-38-25-17-10-8-15-23(25)33-29-31-34-30-27(20(2)35-37(30)21-12-5-4-6-13-21)28(26-18-11-19-39-26)36(31)24-16-9-7-14-22(24)32-29/h4-19,28H,3H2,1-2H3,(H,32,33)/t28-/m0/s1. The molecule has 192 valence electrons. The van der Waals surface area contributed by atoms with Gasteiger partial charge in [-0.05, 0) is 62.4 Å². The second-order valence-corrected chi connectivity index (χ2v) is 9.30. The highest BCUT2D eigenvalue weighted by atomic mass is 16.5. The lowest BCUT2D eigenvalue weighted by molar-refractivity contribution is 0.342. The average Bonchev–Trinajstić information content (AvgIpc) is 3.62. The summed E-state index contributed by atoms with van der Waals surface area (Å²) in [6.07, 6.45) is 1.71. The molecular weight excluding hydrogens is 488 g/mol. The number of aliphatic imine (C=N–C) groups is 2. The summed E-state index contributed by atoms with van der Waals surface area (Å²) in [6, 6.07) is 29.6. The molecular formula is C31H26N6O2. The molecule has 39 heavy (non-hydrogen) atoms. The number of furan rings is 1. The van der Waals surface area contributed by atoms with Crippen LogP contribution in [0, 0.1) is 6.92 Å². The number of anilines is 2. The van der Waals surface area contributed by atoms with Crippen LogP contribution < -0.4 is 15.0 Å². The Morgan fingerprint density at radius 1 is 0.897 bits per heavy atom. The third-order valence-electron chi connectivity index (χ3n) is 6.89. The van der Waals surface area contributed by atoms with Crippen LogP contribution in [0.25, 0.3) is 5.69 Å². The highest BCUT2D eigenvalue weighted by Crippen LogP contribution is 2.48. The molecule has 0 bridgehead atoms. The summed E-state index contributed by atoms with van der Waals surface area (Å²) in [5, 5.41) is 8.47. The zero-order valence-corrected chi connectivity index (χ0v) is 21.6. The van der Waals surface area contributed by atoms with Gasteiger partial charge < -0.3 is 19.4 Å². The van der Waals surface area contributed by atoms with Crippen molar-refractivity contribution in [3.63, 3.8) is 0 Å². The Labute approximate surface area is 225 Å². The van der Waals surface area contributed by atoms with Crippen LogP contribution in [0.15, 0.2) is 112 Å². The van der Waals surface area contributed by atoms with E-state index in [-0.39, 0.29) is 6.04 Å². The van der Waals surface area contributed by atoms with Crippen LogP contribution in [0.5, 0.6) is 5.75 Å². The van der Waals surface area contributed by atoms with Crippen molar-refractivity contribution >= 4 is 34.6 Å². The number of aromatic nitrogens is 2. The SMILES string of the molecule is CCOc1ccccc1NC1=Nc2ccccc2N2C1=Nc1c(c(C)nn1-c1ccccc1)[C@@H]2c1ccco1. The number of benzene rings is 3. The van der Waals surface area contributed by atoms with Crippen molar-refractivity contribution in [1.82, 2.24) is 9.78 Å². The zero-order chi connectivity index (χ0) is 26.3. The minimum Gasteiger partial charge on any atom is -0.492 e. The maximum Gasteiger partial charge on any atom is 0.179 e. The molecule has 8 heteroatoms. The lowest BCUT2D eigenvalue weighted by atomic mass is 9.98. The third kappa shape index (κ3) is 3.80. The molecule has 2 aromatic heterocycles. The largest absolute Gasteiger partial charge is 0.492 e. The number of nitrogens with one attached hydrogen (secondary N) is 1.